The molecule has 0 aliphatic heterocycles. The van der Waals surface area contributed by atoms with Crippen LogP contribution in [-0.2, 0) is 11.2 Å². The lowest BCUT2D eigenvalue weighted by atomic mass is 10.1. The van der Waals surface area contributed by atoms with Crippen molar-refractivity contribution in [3.63, 3.8) is 0 Å². The number of hydrogen-bond acceptors (Lipinski definition) is 5. The van der Waals surface area contributed by atoms with Crippen molar-refractivity contribution in [2.75, 3.05) is 0 Å². The van der Waals surface area contributed by atoms with E-state index in [1.165, 1.54) is 17.3 Å². The molecule has 0 aliphatic rings. The number of carbonyl (C=O) groups is 1. The molecule has 0 saturated carbocycles. The second kappa shape index (κ2) is 9.00. The summed E-state index contributed by atoms with van der Waals surface area (Å²) in [5.41, 5.74) is 1.29. The van der Waals surface area contributed by atoms with E-state index >= 15 is 0 Å². The Morgan fingerprint density at radius 2 is 2.04 bits per heavy atom. The fourth-order valence-electron chi connectivity index (χ4n) is 2.49. The average molecular weight is 387 g/mol. The van der Waals surface area contributed by atoms with Crippen LogP contribution in [0, 0.1) is 0 Å². The van der Waals surface area contributed by atoms with Crippen LogP contribution in [0.15, 0.2) is 53.0 Å². The normalized spacial score (nSPS) is 13.3. The number of aromatic amines is 1. The van der Waals surface area contributed by atoms with E-state index in [0.717, 1.165) is 23.5 Å². The van der Waals surface area contributed by atoms with Crippen LogP contribution in [-0.4, -0.2) is 32.4 Å². The number of rotatable bonds is 8. The minimum absolute atomic E-state index is 0.0121. The molecule has 2 atom stereocenters. The molecule has 0 radical (unpaired) electrons. The Kier molecular flexibility index (Phi) is 6.46. The van der Waals surface area contributed by atoms with Gasteiger partial charge in [-0.05, 0) is 43.7 Å². The Balaban J connectivity index is 1.47. The summed E-state index contributed by atoms with van der Waals surface area (Å²) in [5, 5.41) is 12.6. The monoisotopic (exact) mass is 386 g/mol. The average Bonchev–Trinajstić information content (AvgIpc) is 3.32. The van der Waals surface area contributed by atoms with Crippen LogP contribution < -0.4 is 5.32 Å². The molecule has 3 aromatic rings. The molecule has 2 N–H and O–H groups in total. The van der Waals surface area contributed by atoms with Gasteiger partial charge in [-0.15, -0.1) is 16.4 Å². The van der Waals surface area contributed by atoms with E-state index in [-0.39, 0.29) is 17.2 Å². The van der Waals surface area contributed by atoms with Crippen molar-refractivity contribution in [2.24, 2.45) is 0 Å². The van der Waals surface area contributed by atoms with Crippen LogP contribution >= 0.6 is 23.1 Å². The van der Waals surface area contributed by atoms with Gasteiger partial charge in [0.05, 0.1) is 10.1 Å². The molecular formula is C19H22N4OS2. The van der Waals surface area contributed by atoms with E-state index in [9.17, 15) is 4.79 Å². The Hall–Kier alpha value is -2.12. The van der Waals surface area contributed by atoms with Crippen LogP contribution in [0.25, 0.3) is 10.7 Å². The maximum absolute atomic E-state index is 12.4. The number of carbonyl (C=O) groups excluding carboxylic acids is 1. The molecule has 0 saturated heterocycles. The molecule has 0 aliphatic carbocycles. The Morgan fingerprint density at radius 3 is 2.77 bits per heavy atom. The number of nitrogens with one attached hydrogen (secondary N) is 2. The fraction of sp³-hybridized carbons (Fsp3) is 0.316. The highest BCUT2D eigenvalue weighted by molar-refractivity contribution is 8.00. The first-order valence-electron chi connectivity index (χ1n) is 8.59. The van der Waals surface area contributed by atoms with Crippen molar-refractivity contribution >= 4 is 29.0 Å². The minimum atomic E-state index is -0.249. The molecule has 136 valence electrons. The molecular weight excluding hydrogens is 364 g/mol. The van der Waals surface area contributed by atoms with Crippen molar-refractivity contribution in [1.29, 1.82) is 0 Å². The lowest BCUT2D eigenvalue weighted by Crippen LogP contribution is -2.37. The summed E-state index contributed by atoms with van der Waals surface area (Å²) in [4.78, 5) is 17.9. The van der Waals surface area contributed by atoms with Crippen molar-refractivity contribution in [1.82, 2.24) is 20.5 Å². The van der Waals surface area contributed by atoms with Gasteiger partial charge >= 0.3 is 0 Å². The summed E-state index contributed by atoms with van der Waals surface area (Å²) in [7, 11) is 0. The number of amides is 1. The zero-order valence-electron chi connectivity index (χ0n) is 14.8. The largest absolute Gasteiger partial charge is 0.353 e. The summed E-state index contributed by atoms with van der Waals surface area (Å²) < 4.78 is 0. The maximum atomic E-state index is 12.4. The van der Waals surface area contributed by atoms with Crippen LogP contribution in [0.5, 0.6) is 0 Å². The minimum Gasteiger partial charge on any atom is -0.353 e. The summed E-state index contributed by atoms with van der Waals surface area (Å²) in [5.74, 6) is 0.754. The molecule has 26 heavy (non-hydrogen) atoms. The Labute approximate surface area is 161 Å². The van der Waals surface area contributed by atoms with Gasteiger partial charge in [0.25, 0.3) is 0 Å². The SMILES string of the molecule is C[C@H](Sc1n[nH]c(-c2cccs2)n1)C(=O)N[C@@H](C)CCc1ccccc1. The molecule has 0 fully saturated rings. The quantitative estimate of drug-likeness (QED) is 0.571. The van der Waals surface area contributed by atoms with E-state index in [2.05, 4.69) is 32.6 Å². The molecule has 0 bridgehead atoms. The Morgan fingerprint density at radius 1 is 1.23 bits per heavy atom. The van der Waals surface area contributed by atoms with E-state index in [0.29, 0.717) is 5.16 Å². The predicted octanol–water partition coefficient (Wildman–Crippen LogP) is 4.15. The van der Waals surface area contributed by atoms with Crippen LogP contribution in [0.2, 0.25) is 0 Å². The van der Waals surface area contributed by atoms with Gasteiger partial charge < -0.3 is 5.32 Å². The first kappa shape index (κ1) is 18.7. The summed E-state index contributed by atoms with van der Waals surface area (Å²) in [6.07, 6.45) is 1.87. The van der Waals surface area contributed by atoms with E-state index in [1.807, 2.05) is 49.6 Å². The highest BCUT2D eigenvalue weighted by atomic mass is 32.2. The highest BCUT2D eigenvalue weighted by Crippen LogP contribution is 2.25. The standard InChI is InChI=1S/C19H22N4OS2/c1-13(10-11-15-7-4-3-5-8-15)20-18(24)14(2)26-19-21-17(22-23-19)16-9-6-12-25-16/h3-9,12-14H,10-11H2,1-2H3,(H,20,24)(H,21,22,23)/t13-,14-/m0/s1. The third-order valence-corrected chi connectivity index (χ3v) is 5.81. The molecule has 7 heteroatoms. The number of H-pyrrole nitrogens is 1. The molecule has 2 aromatic heterocycles. The number of benzene rings is 1. The molecule has 0 unspecified atom stereocenters. The first-order valence-corrected chi connectivity index (χ1v) is 10.3. The van der Waals surface area contributed by atoms with Crippen LogP contribution in [0.1, 0.15) is 25.8 Å². The second-order valence-electron chi connectivity index (χ2n) is 6.14. The van der Waals surface area contributed by atoms with Gasteiger partial charge in [0, 0.05) is 6.04 Å². The third kappa shape index (κ3) is 5.19. The topological polar surface area (TPSA) is 70.7 Å². The second-order valence-corrected chi connectivity index (χ2v) is 8.39. The van der Waals surface area contributed by atoms with E-state index in [1.54, 1.807) is 11.3 Å². The number of thioether (sulfide) groups is 1. The van der Waals surface area contributed by atoms with Gasteiger partial charge in [-0.25, -0.2) is 4.98 Å². The zero-order valence-corrected chi connectivity index (χ0v) is 16.4. The maximum Gasteiger partial charge on any atom is 0.233 e. The van der Waals surface area contributed by atoms with Crippen molar-refractivity contribution in [3.8, 4) is 10.7 Å². The molecule has 1 aromatic carbocycles. The zero-order chi connectivity index (χ0) is 18.4. The summed E-state index contributed by atoms with van der Waals surface area (Å²) in [6.45, 7) is 3.92. The lowest BCUT2D eigenvalue weighted by molar-refractivity contribution is -0.120. The van der Waals surface area contributed by atoms with Crippen molar-refractivity contribution in [2.45, 2.75) is 43.1 Å². The Bertz CT molecular complexity index is 817. The van der Waals surface area contributed by atoms with Gasteiger partial charge in [0.2, 0.25) is 11.1 Å². The molecule has 1 amide bonds. The van der Waals surface area contributed by atoms with Crippen molar-refractivity contribution < 1.29 is 4.79 Å². The number of nitrogens with zero attached hydrogens (tertiary/aromatic N) is 2. The molecule has 0 spiro atoms. The van der Waals surface area contributed by atoms with Gasteiger partial charge in [0.1, 0.15) is 0 Å². The third-order valence-electron chi connectivity index (χ3n) is 3.97. The number of aromatic nitrogens is 3. The lowest BCUT2D eigenvalue weighted by Gasteiger charge is -2.16. The number of aryl methyl sites for hydroxylation is 1. The van der Waals surface area contributed by atoms with Gasteiger partial charge in [-0.3, -0.25) is 9.89 Å². The van der Waals surface area contributed by atoms with E-state index < -0.39 is 0 Å². The summed E-state index contributed by atoms with van der Waals surface area (Å²) in [6, 6.07) is 14.4. The highest BCUT2D eigenvalue weighted by Gasteiger charge is 2.19. The van der Waals surface area contributed by atoms with Crippen LogP contribution in [0.3, 0.4) is 0 Å². The predicted molar refractivity (Wildman–Crippen MR) is 107 cm³/mol. The molecule has 5 nitrogen and oxygen atoms in total. The number of hydrogen-bond donors (Lipinski definition) is 2. The summed E-state index contributed by atoms with van der Waals surface area (Å²) >= 11 is 2.97. The fourth-order valence-corrected chi connectivity index (χ4v) is 3.89. The van der Waals surface area contributed by atoms with E-state index in [4.69, 9.17) is 0 Å². The first-order chi connectivity index (χ1) is 12.6. The smallest absolute Gasteiger partial charge is 0.233 e. The number of thiophene rings is 1. The van der Waals surface area contributed by atoms with Gasteiger partial charge in [0.15, 0.2) is 5.82 Å². The van der Waals surface area contributed by atoms with Crippen molar-refractivity contribution in [3.05, 3.63) is 53.4 Å². The van der Waals surface area contributed by atoms with Gasteiger partial charge in [-0.2, -0.15) is 0 Å². The molecule has 3 rings (SSSR count). The van der Waals surface area contributed by atoms with Crippen LogP contribution in [0.4, 0.5) is 0 Å². The molecule has 2 heterocycles. The van der Waals surface area contributed by atoms with Gasteiger partial charge in [-0.1, -0.05) is 48.2 Å².